The number of ether oxygens (including phenoxy) is 2. The second-order valence-electron chi connectivity index (χ2n) is 6.79. The maximum atomic E-state index is 13.2. The first-order chi connectivity index (χ1) is 14.6. The van der Waals surface area contributed by atoms with Crippen LogP contribution in [0.5, 0.6) is 11.5 Å². The molecule has 0 N–H and O–H groups in total. The molecular weight excluding hydrogens is 418 g/mol. The van der Waals surface area contributed by atoms with Gasteiger partial charge in [-0.05, 0) is 56.3 Å². The summed E-state index contributed by atoms with van der Waals surface area (Å²) < 4.78 is 11.1. The maximum Gasteiger partial charge on any atom is 0.285 e. The van der Waals surface area contributed by atoms with E-state index in [4.69, 9.17) is 9.47 Å². The summed E-state index contributed by atoms with van der Waals surface area (Å²) in [6.07, 6.45) is 1.67. The van der Waals surface area contributed by atoms with E-state index in [1.807, 2.05) is 49.6 Å². The monoisotopic (exact) mass is 441 g/mol. The number of aryl methyl sites for hydroxylation is 1. The highest BCUT2D eigenvalue weighted by molar-refractivity contribution is 7.22. The van der Waals surface area contributed by atoms with E-state index >= 15 is 0 Å². The largest absolute Gasteiger partial charge is 0.493 e. The van der Waals surface area contributed by atoms with E-state index in [1.54, 1.807) is 23.5 Å². The van der Waals surface area contributed by atoms with Crippen molar-refractivity contribution in [2.75, 3.05) is 20.3 Å². The smallest absolute Gasteiger partial charge is 0.285 e. The summed E-state index contributed by atoms with van der Waals surface area (Å²) in [5.74, 6) is 1.28. The second kappa shape index (κ2) is 8.97. The van der Waals surface area contributed by atoms with Gasteiger partial charge in [-0.2, -0.15) is 5.10 Å². The Morgan fingerprint density at radius 3 is 2.87 bits per heavy atom. The zero-order valence-corrected chi connectivity index (χ0v) is 18.8. The molecule has 0 radical (unpaired) electrons. The first-order valence-corrected chi connectivity index (χ1v) is 11.5. The van der Waals surface area contributed by atoms with E-state index in [0.717, 1.165) is 39.7 Å². The fraction of sp³-hybridized carbons (Fsp3) is 0.318. The average Bonchev–Trinajstić information content (AvgIpc) is 3.43. The molecule has 0 atom stereocenters. The van der Waals surface area contributed by atoms with Crippen LogP contribution in [0.4, 0.5) is 0 Å². The molecule has 4 rings (SSSR count). The topological polar surface area (TPSA) is 64.0 Å². The molecule has 0 saturated carbocycles. The molecule has 156 valence electrons. The molecule has 1 aliphatic rings. The van der Waals surface area contributed by atoms with Gasteiger partial charge < -0.3 is 9.47 Å². The molecule has 2 aromatic heterocycles. The molecular formula is C22H23N3O3S2. The van der Waals surface area contributed by atoms with E-state index in [-0.39, 0.29) is 5.91 Å². The summed E-state index contributed by atoms with van der Waals surface area (Å²) in [5.41, 5.74) is 2.56. The Labute approximate surface area is 183 Å². The number of aromatic nitrogens is 1. The fourth-order valence-electron chi connectivity index (χ4n) is 3.33. The van der Waals surface area contributed by atoms with Gasteiger partial charge in [-0.3, -0.25) is 4.79 Å². The molecule has 1 aromatic carbocycles. The fourth-order valence-corrected chi connectivity index (χ4v) is 5.14. The summed E-state index contributed by atoms with van der Waals surface area (Å²) in [6.45, 7) is 4.97. The Balaban J connectivity index is 1.61. The molecule has 1 aliphatic heterocycles. The lowest BCUT2D eigenvalue weighted by Crippen LogP contribution is -2.32. The summed E-state index contributed by atoms with van der Waals surface area (Å²) in [7, 11) is 1.62. The quantitative estimate of drug-likeness (QED) is 0.526. The lowest BCUT2D eigenvalue weighted by Gasteiger charge is -2.23. The van der Waals surface area contributed by atoms with Crippen LogP contribution < -0.4 is 9.47 Å². The second-order valence-corrected chi connectivity index (χ2v) is 8.73. The number of hydrogen-bond donors (Lipinski definition) is 0. The van der Waals surface area contributed by atoms with Gasteiger partial charge in [-0.15, -0.1) is 22.7 Å². The molecule has 0 spiro atoms. The Kier molecular flexibility index (Phi) is 6.15. The third kappa shape index (κ3) is 4.11. The summed E-state index contributed by atoms with van der Waals surface area (Å²) >= 11 is 3.06. The van der Waals surface area contributed by atoms with Gasteiger partial charge in [-0.25, -0.2) is 9.99 Å². The van der Waals surface area contributed by atoms with Crippen LogP contribution in [0.15, 0.2) is 40.8 Å². The standard InChI is InChI=1S/C22H23N3O3S2/c1-4-28-18-13-15(9-10-17(18)27-3)16-7-5-11-25(24-16)22(26)20-14(2)23-21(30-20)19-8-6-12-29-19/h6,8-10,12-13H,4-5,7,11H2,1-3H3. The Morgan fingerprint density at radius 2 is 2.13 bits per heavy atom. The third-order valence-electron chi connectivity index (χ3n) is 4.78. The summed E-state index contributed by atoms with van der Waals surface area (Å²) in [6, 6.07) is 9.78. The normalized spacial score (nSPS) is 13.8. The maximum absolute atomic E-state index is 13.2. The molecule has 1 amide bonds. The minimum Gasteiger partial charge on any atom is -0.493 e. The van der Waals surface area contributed by atoms with Gasteiger partial charge in [0.2, 0.25) is 0 Å². The predicted octanol–water partition coefficient (Wildman–Crippen LogP) is 5.23. The van der Waals surface area contributed by atoms with Crippen LogP contribution in [0.3, 0.4) is 0 Å². The number of amides is 1. The minimum atomic E-state index is -0.0939. The van der Waals surface area contributed by atoms with E-state index < -0.39 is 0 Å². The molecule has 8 heteroatoms. The Morgan fingerprint density at radius 1 is 1.27 bits per heavy atom. The lowest BCUT2D eigenvalue weighted by molar-refractivity contribution is 0.0755. The van der Waals surface area contributed by atoms with E-state index in [0.29, 0.717) is 29.5 Å². The van der Waals surface area contributed by atoms with Crippen molar-refractivity contribution >= 4 is 34.3 Å². The van der Waals surface area contributed by atoms with Crippen molar-refractivity contribution in [1.82, 2.24) is 9.99 Å². The van der Waals surface area contributed by atoms with Gasteiger partial charge in [0.05, 0.1) is 30.0 Å². The third-order valence-corrected chi connectivity index (χ3v) is 6.96. The first kappa shape index (κ1) is 20.6. The van der Waals surface area contributed by atoms with Gasteiger partial charge >= 0.3 is 0 Å². The van der Waals surface area contributed by atoms with Crippen LogP contribution in [0.1, 0.15) is 40.7 Å². The number of carbonyl (C=O) groups excluding carboxylic acids is 1. The molecule has 6 nitrogen and oxygen atoms in total. The molecule has 0 fully saturated rings. The number of carbonyl (C=O) groups is 1. The zero-order valence-electron chi connectivity index (χ0n) is 17.2. The van der Waals surface area contributed by atoms with Crippen LogP contribution in [-0.2, 0) is 0 Å². The van der Waals surface area contributed by atoms with Crippen LogP contribution in [0, 0.1) is 6.92 Å². The average molecular weight is 442 g/mol. The molecule has 0 unspecified atom stereocenters. The van der Waals surface area contributed by atoms with E-state index in [1.165, 1.54) is 11.3 Å². The number of nitrogens with zero attached hydrogens (tertiary/aromatic N) is 3. The van der Waals surface area contributed by atoms with Gasteiger partial charge in [0.25, 0.3) is 5.91 Å². The van der Waals surface area contributed by atoms with Gasteiger partial charge in [-0.1, -0.05) is 6.07 Å². The number of hydrazone groups is 1. The highest BCUT2D eigenvalue weighted by Crippen LogP contribution is 2.33. The number of methoxy groups -OCH3 is 1. The number of hydrogen-bond acceptors (Lipinski definition) is 7. The molecule has 0 saturated heterocycles. The van der Waals surface area contributed by atoms with Crippen molar-refractivity contribution in [3.05, 3.63) is 51.8 Å². The molecule has 3 heterocycles. The molecule has 30 heavy (non-hydrogen) atoms. The van der Waals surface area contributed by atoms with Gasteiger partial charge in [0.15, 0.2) is 11.5 Å². The number of rotatable bonds is 6. The van der Waals surface area contributed by atoms with Crippen molar-refractivity contribution in [3.63, 3.8) is 0 Å². The van der Waals surface area contributed by atoms with Crippen LogP contribution >= 0.6 is 22.7 Å². The van der Waals surface area contributed by atoms with Crippen molar-refractivity contribution in [2.45, 2.75) is 26.7 Å². The SMILES string of the molecule is CCOc1cc(C2=NN(C(=O)c3sc(-c4cccs4)nc3C)CCC2)ccc1OC. The first-order valence-electron chi connectivity index (χ1n) is 9.82. The summed E-state index contributed by atoms with van der Waals surface area (Å²) in [5, 5.41) is 9.15. The Bertz CT molecular complexity index is 1070. The molecule has 0 aliphatic carbocycles. The van der Waals surface area contributed by atoms with E-state index in [9.17, 15) is 4.79 Å². The number of benzene rings is 1. The van der Waals surface area contributed by atoms with Crippen molar-refractivity contribution in [1.29, 1.82) is 0 Å². The number of thiazole rings is 1. The van der Waals surface area contributed by atoms with E-state index in [2.05, 4.69) is 10.1 Å². The highest BCUT2D eigenvalue weighted by Gasteiger charge is 2.25. The molecule has 3 aromatic rings. The molecule has 0 bridgehead atoms. The number of thiophene rings is 1. The lowest BCUT2D eigenvalue weighted by atomic mass is 10.0. The van der Waals surface area contributed by atoms with Crippen LogP contribution in [0.25, 0.3) is 9.88 Å². The minimum absolute atomic E-state index is 0.0939. The van der Waals surface area contributed by atoms with Crippen LogP contribution in [-0.4, -0.2) is 41.9 Å². The van der Waals surface area contributed by atoms with Crippen molar-refractivity contribution in [3.8, 4) is 21.4 Å². The Hall–Kier alpha value is -2.71. The van der Waals surface area contributed by atoms with Gasteiger partial charge in [0.1, 0.15) is 9.88 Å². The van der Waals surface area contributed by atoms with Crippen molar-refractivity contribution < 1.29 is 14.3 Å². The zero-order chi connectivity index (χ0) is 21.1. The van der Waals surface area contributed by atoms with Crippen LogP contribution in [0.2, 0.25) is 0 Å². The van der Waals surface area contributed by atoms with Gasteiger partial charge in [0, 0.05) is 12.1 Å². The highest BCUT2D eigenvalue weighted by atomic mass is 32.1. The predicted molar refractivity (Wildman–Crippen MR) is 121 cm³/mol. The van der Waals surface area contributed by atoms with Crippen molar-refractivity contribution in [2.24, 2.45) is 5.10 Å². The summed E-state index contributed by atoms with van der Waals surface area (Å²) in [4.78, 5) is 19.5.